The van der Waals surface area contributed by atoms with Gasteiger partial charge >= 0.3 is 0 Å². The molecule has 0 saturated carbocycles. The maximum Gasteiger partial charge on any atom is 0.225 e. The van der Waals surface area contributed by atoms with Crippen molar-refractivity contribution in [1.29, 1.82) is 0 Å². The summed E-state index contributed by atoms with van der Waals surface area (Å²) in [6.07, 6.45) is 0.471. The highest BCUT2D eigenvalue weighted by atomic mass is 16.5. The van der Waals surface area contributed by atoms with Gasteiger partial charge in [-0.3, -0.25) is 4.79 Å². The molecule has 1 atom stereocenters. The lowest BCUT2D eigenvalue weighted by Gasteiger charge is -2.26. The van der Waals surface area contributed by atoms with E-state index in [0.717, 1.165) is 40.6 Å². The molecule has 6 heteroatoms. The van der Waals surface area contributed by atoms with E-state index in [-0.39, 0.29) is 11.8 Å². The zero-order chi connectivity index (χ0) is 19.9. The molecule has 0 aromatic heterocycles. The van der Waals surface area contributed by atoms with Crippen molar-refractivity contribution in [3.8, 4) is 5.75 Å². The number of nitrogens with one attached hydrogen (secondary N) is 3. The minimum atomic E-state index is 0.0548. The van der Waals surface area contributed by atoms with Crippen molar-refractivity contribution in [3.05, 3.63) is 59.2 Å². The predicted molar refractivity (Wildman–Crippen MR) is 113 cm³/mol. The molecule has 0 aliphatic carbocycles. The van der Waals surface area contributed by atoms with E-state index in [1.807, 2.05) is 44.2 Å². The standard InChI is InChI=1S/C22H28N4O2/c1-4-23-22(24-13-16-10-9-15(2)20(11-16)28-3)25-14-17-12-21(27)26-19-8-6-5-7-18(17)19/h5-11,17H,4,12-14H2,1-3H3,(H,26,27)(H2,23,24,25). The van der Waals surface area contributed by atoms with E-state index in [1.165, 1.54) is 0 Å². The van der Waals surface area contributed by atoms with E-state index in [4.69, 9.17) is 4.74 Å². The number of para-hydroxylation sites is 1. The van der Waals surface area contributed by atoms with Crippen LogP contribution in [0.15, 0.2) is 47.5 Å². The number of fused-ring (bicyclic) bond motifs is 1. The number of nitrogens with zero attached hydrogens (tertiary/aromatic N) is 1. The molecule has 0 fully saturated rings. The number of carbonyl (C=O) groups is 1. The average molecular weight is 380 g/mol. The molecule has 148 valence electrons. The largest absolute Gasteiger partial charge is 0.496 e. The van der Waals surface area contributed by atoms with Gasteiger partial charge in [0.15, 0.2) is 5.96 Å². The highest BCUT2D eigenvalue weighted by Crippen LogP contribution is 2.31. The smallest absolute Gasteiger partial charge is 0.225 e. The minimum absolute atomic E-state index is 0.0548. The summed E-state index contributed by atoms with van der Waals surface area (Å²) >= 11 is 0. The van der Waals surface area contributed by atoms with E-state index >= 15 is 0 Å². The fourth-order valence-corrected chi connectivity index (χ4v) is 3.38. The van der Waals surface area contributed by atoms with Gasteiger partial charge in [-0.2, -0.15) is 0 Å². The number of hydrogen-bond acceptors (Lipinski definition) is 3. The van der Waals surface area contributed by atoms with Crippen LogP contribution >= 0.6 is 0 Å². The van der Waals surface area contributed by atoms with Crippen LogP contribution in [0.4, 0.5) is 5.69 Å². The molecule has 1 aliphatic heterocycles. The third-order valence-corrected chi connectivity index (χ3v) is 4.86. The van der Waals surface area contributed by atoms with Gasteiger partial charge in [0.2, 0.25) is 5.91 Å². The molecule has 6 nitrogen and oxygen atoms in total. The van der Waals surface area contributed by atoms with Crippen LogP contribution in [0.5, 0.6) is 5.75 Å². The van der Waals surface area contributed by atoms with Crippen LogP contribution < -0.4 is 20.7 Å². The summed E-state index contributed by atoms with van der Waals surface area (Å²) in [5, 5.41) is 9.60. The van der Waals surface area contributed by atoms with Gasteiger partial charge in [-0.15, -0.1) is 0 Å². The molecule has 1 aliphatic rings. The number of guanidine groups is 1. The number of methoxy groups -OCH3 is 1. The van der Waals surface area contributed by atoms with Crippen molar-refractivity contribution in [2.75, 3.05) is 25.5 Å². The molecule has 2 aromatic rings. The van der Waals surface area contributed by atoms with Crippen LogP contribution in [0.25, 0.3) is 0 Å². The fraction of sp³-hybridized carbons (Fsp3) is 0.364. The molecule has 3 rings (SSSR count). The summed E-state index contributed by atoms with van der Waals surface area (Å²) in [4.78, 5) is 16.7. The monoisotopic (exact) mass is 380 g/mol. The topological polar surface area (TPSA) is 74.8 Å². The van der Waals surface area contributed by atoms with Crippen LogP contribution in [0.3, 0.4) is 0 Å². The fourth-order valence-electron chi connectivity index (χ4n) is 3.38. The zero-order valence-corrected chi connectivity index (χ0v) is 16.7. The Bertz CT molecular complexity index is 863. The molecule has 0 saturated heterocycles. The summed E-state index contributed by atoms with van der Waals surface area (Å²) in [7, 11) is 1.68. The highest BCUT2D eigenvalue weighted by Gasteiger charge is 2.24. The average Bonchev–Trinajstić information content (AvgIpc) is 2.70. The lowest BCUT2D eigenvalue weighted by atomic mass is 9.90. The zero-order valence-electron chi connectivity index (χ0n) is 16.7. The molecule has 1 heterocycles. The summed E-state index contributed by atoms with van der Waals surface area (Å²) in [6.45, 7) is 6.02. The summed E-state index contributed by atoms with van der Waals surface area (Å²) in [5.41, 5.74) is 4.25. The van der Waals surface area contributed by atoms with Crippen molar-refractivity contribution in [1.82, 2.24) is 10.6 Å². The number of rotatable bonds is 6. The predicted octanol–water partition coefficient (Wildman–Crippen LogP) is 3.18. The normalized spacial score (nSPS) is 16.2. The first-order valence-corrected chi connectivity index (χ1v) is 9.65. The number of amides is 1. The number of anilines is 1. The first-order chi connectivity index (χ1) is 13.6. The van der Waals surface area contributed by atoms with Crippen LogP contribution in [-0.2, 0) is 11.3 Å². The van der Waals surface area contributed by atoms with Crippen LogP contribution in [0.2, 0.25) is 0 Å². The van der Waals surface area contributed by atoms with E-state index in [1.54, 1.807) is 7.11 Å². The van der Waals surface area contributed by atoms with Gasteiger partial charge in [-0.05, 0) is 42.7 Å². The third kappa shape index (κ3) is 4.82. The SMILES string of the molecule is CCNC(=NCc1ccc(C)c(OC)c1)NCC1CC(=O)Nc2ccccc21. The van der Waals surface area contributed by atoms with E-state index < -0.39 is 0 Å². The summed E-state index contributed by atoms with van der Waals surface area (Å²) < 4.78 is 5.39. The Morgan fingerprint density at radius 3 is 2.86 bits per heavy atom. The molecule has 28 heavy (non-hydrogen) atoms. The molecular weight excluding hydrogens is 352 g/mol. The summed E-state index contributed by atoms with van der Waals surface area (Å²) in [6, 6.07) is 14.1. The Balaban J connectivity index is 1.68. The number of hydrogen-bond donors (Lipinski definition) is 3. The quantitative estimate of drug-likeness (QED) is 0.531. The van der Waals surface area contributed by atoms with Gasteiger partial charge < -0.3 is 20.7 Å². The van der Waals surface area contributed by atoms with Crippen molar-refractivity contribution in [2.24, 2.45) is 4.99 Å². The molecule has 1 unspecified atom stereocenters. The Labute approximate surface area is 166 Å². The second-order valence-corrected chi connectivity index (χ2v) is 6.92. The van der Waals surface area contributed by atoms with Crippen LogP contribution in [-0.4, -0.2) is 32.1 Å². The van der Waals surface area contributed by atoms with E-state index in [2.05, 4.69) is 33.1 Å². The lowest BCUT2D eigenvalue weighted by molar-refractivity contribution is -0.116. The number of benzene rings is 2. The van der Waals surface area contributed by atoms with Crippen LogP contribution in [0, 0.1) is 6.92 Å². The molecular formula is C22H28N4O2. The molecule has 1 amide bonds. The second kappa shape index (κ2) is 9.26. The van der Waals surface area contributed by atoms with Crippen molar-refractivity contribution in [2.45, 2.75) is 32.7 Å². The van der Waals surface area contributed by atoms with Gasteiger partial charge in [-0.25, -0.2) is 4.99 Å². The van der Waals surface area contributed by atoms with Gasteiger partial charge in [0, 0.05) is 31.1 Å². The number of ether oxygens (including phenoxy) is 1. The molecule has 2 aromatic carbocycles. The summed E-state index contributed by atoms with van der Waals surface area (Å²) in [5.74, 6) is 1.79. The Hall–Kier alpha value is -3.02. The first-order valence-electron chi connectivity index (χ1n) is 9.65. The molecule has 0 bridgehead atoms. The van der Waals surface area contributed by atoms with Gasteiger partial charge in [0.25, 0.3) is 0 Å². The minimum Gasteiger partial charge on any atom is -0.496 e. The van der Waals surface area contributed by atoms with Gasteiger partial charge in [0.1, 0.15) is 5.75 Å². The number of aryl methyl sites for hydroxylation is 1. The second-order valence-electron chi connectivity index (χ2n) is 6.92. The van der Waals surface area contributed by atoms with E-state index in [9.17, 15) is 4.79 Å². The van der Waals surface area contributed by atoms with Gasteiger partial charge in [0.05, 0.1) is 13.7 Å². The third-order valence-electron chi connectivity index (χ3n) is 4.86. The lowest BCUT2D eigenvalue weighted by Crippen LogP contribution is -2.40. The Morgan fingerprint density at radius 1 is 1.25 bits per heavy atom. The van der Waals surface area contributed by atoms with Crippen molar-refractivity contribution in [3.63, 3.8) is 0 Å². The Kier molecular flexibility index (Phi) is 6.53. The number of carbonyl (C=O) groups excluding carboxylic acids is 1. The molecule has 0 spiro atoms. The molecule has 3 N–H and O–H groups in total. The molecule has 0 radical (unpaired) electrons. The highest BCUT2D eigenvalue weighted by molar-refractivity contribution is 5.94. The maximum atomic E-state index is 12.0. The van der Waals surface area contributed by atoms with Crippen LogP contribution in [0.1, 0.15) is 36.0 Å². The first kappa shape index (κ1) is 19.7. The van der Waals surface area contributed by atoms with Crippen molar-refractivity contribution >= 4 is 17.6 Å². The number of aliphatic imine (C=N–C) groups is 1. The van der Waals surface area contributed by atoms with Gasteiger partial charge in [-0.1, -0.05) is 30.3 Å². The maximum absolute atomic E-state index is 12.0. The van der Waals surface area contributed by atoms with E-state index in [0.29, 0.717) is 19.5 Å². The van der Waals surface area contributed by atoms with Crippen molar-refractivity contribution < 1.29 is 9.53 Å². The Morgan fingerprint density at radius 2 is 2.07 bits per heavy atom.